The maximum Gasteiger partial charge on any atom is 0.247 e. The molecule has 0 amide bonds. The lowest BCUT2D eigenvalue weighted by molar-refractivity contribution is -0.0586. The molecule has 2 atom stereocenters. The van der Waals surface area contributed by atoms with Crippen molar-refractivity contribution in [1.29, 1.82) is 0 Å². The van der Waals surface area contributed by atoms with Gasteiger partial charge in [0.25, 0.3) is 0 Å². The van der Waals surface area contributed by atoms with Crippen molar-refractivity contribution in [2.24, 2.45) is 0 Å². The van der Waals surface area contributed by atoms with Crippen LogP contribution in [0.4, 0.5) is 0 Å². The molecule has 0 aromatic heterocycles. The molecular formula is C16H23NO5S. The van der Waals surface area contributed by atoms with Crippen LogP contribution in [-0.4, -0.2) is 52.2 Å². The third kappa shape index (κ3) is 3.05. The molecule has 7 heteroatoms. The van der Waals surface area contributed by atoms with Crippen molar-refractivity contribution < 1.29 is 22.6 Å². The molecule has 3 rings (SSSR count). The second-order valence-corrected chi connectivity index (χ2v) is 7.75. The Hall–Kier alpha value is -1.31. The zero-order valence-electron chi connectivity index (χ0n) is 13.5. The van der Waals surface area contributed by atoms with Crippen molar-refractivity contribution in [1.82, 2.24) is 4.31 Å². The molecule has 0 unspecified atom stereocenters. The third-order valence-corrected chi connectivity index (χ3v) is 6.60. The van der Waals surface area contributed by atoms with E-state index in [0.29, 0.717) is 24.7 Å². The van der Waals surface area contributed by atoms with Gasteiger partial charge in [0.15, 0.2) is 0 Å². The first-order valence-electron chi connectivity index (χ1n) is 7.93. The second kappa shape index (κ2) is 6.67. The minimum absolute atomic E-state index is 0.0107. The second-order valence-electron chi connectivity index (χ2n) is 5.89. The van der Waals surface area contributed by atoms with Gasteiger partial charge in [-0.25, -0.2) is 8.42 Å². The fourth-order valence-electron chi connectivity index (χ4n) is 3.47. The van der Waals surface area contributed by atoms with E-state index in [1.807, 2.05) is 0 Å². The topological polar surface area (TPSA) is 65.1 Å². The molecular weight excluding hydrogens is 318 g/mol. The molecule has 1 aliphatic carbocycles. The molecule has 0 radical (unpaired) electrons. The van der Waals surface area contributed by atoms with E-state index >= 15 is 0 Å². The molecule has 2 aliphatic rings. The molecule has 0 bridgehead atoms. The highest BCUT2D eigenvalue weighted by atomic mass is 32.2. The zero-order chi connectivity index (χ0) is 16.4. The van der Waals surface area contributed by atoms with E-state index in [9.17, 15) is 8.42 Å². The van der Waals surface area contributed by atoms with Gasteiger partial charge in [-0.3, -0.25) is 0 Å². The molecule has 1 saturated heterocycles. The van der Waals surface area contributed by atoms with Crippen LogP contribution in [0.25, 0.3) is 0 Å². The van der Waals surface area contributed by atoms with E-state index in [1.54, 1.807) is 22.5 Å². The van der Waals surface area contributed by atoms with Crippen molar-refractivity contribution in [3.63, 3.8) is 0 Å². The van der Waals surface area contributed by atoms with Crippen LogP contribution in [-0.2, 0) is 14.8 Å². The summed E-state index contributed by atoms with van der Waals surface area (Å²) in [6, 6.07) is 4.73. The predicted octanol–water partition coefficient (Wildman–Crippen LogP) is 2.04. The Morgan fingerprint density at radius 1 is 1.17 bits per heavy atom. The number of sulfonamides is 1. The van der Waals surface area contributed by atoms with Gasteiger partial charge in [-0.05, 0) is 25.0 Å². The first-order chi connectivity index (χ1) is 11.1. The number of morpholine rings is 1. The van der Waals surface area contributed by atoms with Crippen LogP contribution in [0, 0.1) is 0 Å². The average Bonchev–Trinajstić information content (AvgIpc) is 2.60. The summed E-state index contributed by atoms with van der Waals surface area (Å²) in [7, 11) is -0.619. The Balaban J connectivity index is 1.97. The number of fused-ring (bicyclic) bond motifs is 1. The summed E-state index contributed by atoms with van der Waals surface area (Å²) < 4.78 is 44.2. The van der Waals surface area contributed by atoms with E-state index < -0.39 is 10.0 Å². The lowest BCUT2D eigenvalue weighted by Gasteiger charge is -2.42. The van der Waals surface area contributed by atoms with E-state index in [4.69, 9.17) is 14.2 Å². The van der Waals surface area contributed by atoms with Crippen molar-refractivity contribution in [2.75, 3.05) is 27.4 Å². The van der Waals surface area contributed by atoms with Crippen LogP contribution < -0.4 is 9.47 Å². The molecule has 128 valence electrons. The summed E-state index contributed by atoms with van der Waals surface area (Å²) in [5, 5.41) is 0. The van der Waals surface area contributed by atoms with Gasteiger partial charge in [-0.2, -0.15) is 4.31 Å². The third-order valence-electron chi connectivity index (χ3n) is 4.64. The lowest BCUT2D eigenvalue weighted by atomic mass is 9.91. The van der Waals surface area contributed by atoms with Crippen LogP contribution in [0.2, 0.25) is 0 Å². The summed E-state index contributed by atoms with van der Waals surface area (Å²) in [5.41, 5.74) is 0. The standard InChI is InChI=1S/C16H23NO5S/c1-20-12-7-8-16(15(11-12)21-2)23(18,19)17-9-10-22-14-6-4-3-5-13(14)17/h7-8,11,13-14H,3-6,9-10H2,1-2H3/t13-,14-/m1/s1. The highest BCUT2D eigenvalue weighted by Gasteiger charge is 2.41. The molecule has 1 aromatic carbocycles. The fraction of sp³-hybridized carbons (Fsp3) is 0.625. The number of rotatable bonds is 4. The first-order valence-corrected chi connectivity index (χ1v) is 9.37. The maximum absolute atomic E-state index is 13.2. The van der Waals surface area contributed by atoms with Gasteiger partial charge in [0.2, 0.25) is 10.0 Å². The average molecular weight is 341 g/mol. The largest absolute Gasteiger partial charge is 0.497 e. The molecule has 0 spiro atoms. The monoisotopic (exact) mass is 341 g/mol. The lowest BCUT2D eigenvalue weighted by Crippen LogP contribution is -2.54. The number of nitrogens with zero attached hydrogens (tertiary/aromatic N) is 1. The van der Waals surface area contributed by atoms with Crippen molar-refractivity contribution in [3.8, 4) is 11.5 Å². The van der Waals surface area contributed by atoms with Crippen LogP contribution in [0.3, 0.4) is 0 Å². The Morgan fingerprint density at radius 2 is 1.96 bits per heavy atom. The van der Waals surface area contributed by atoms with Gasteiger partial charge in [0.1, 0.15) is 16.4 Å². The van der Waals surface area contributed by atoms with E-state index in [1.165, 1.54) is 14.2 Å². The van der Waals surface area contributed by atoms with E-state index in [2.05, 4.69) is 0 Å². The highest BCUT2D eigenvalue weighted by molar-refractivity contribution is 7.89. The predicted molar refractivity (Wildman–Crippen MR) is 85.4 cm³/mol. The summed E-state index contributed by atoms with van der Waals surface area (Å²) in [4.78, 5) is 0.187. The highest BCUT2D eigenvalue weighted by Crippen LogP contribution is 2.36. The number of benzene rings is 1. The minimum atomic E-state index is -3.63. The van der Waals surface area contributed by atoms with Crippen LogP contribution >= 0.6 is 0 Å². The molecule has 1 aliphatic heterocycles. The van der Waals surface area contributed by atoms with Crippen molar-refractivity contribution >= 4 is 10.0 Å². The number of methoxy groups -OCH3 is 2. The normalized spacial score (nSPS) is 25.7. The molecule has 1 aromatic rings. The molecule has 2 fully saturated rings. The quantitative estimate of drug-likeness (QED) is 0.838. The summed E-state index contributed by atoms with van der Waals surface area (Å²) in [5.74, 6) is 0.876. The van der Waals surface area contributed by atoms with Crippen LogP contribution in [0.1, 0.15) is 25.7 Å². The van der Waals surface area contributed by atoms with E-state index in [0.717, 1.165) is 25.7 Å². The fourth-order valence-corrected chi connectivity index (χ4v) is 5.28. The Labute approximate surface area is 137 Å². The van der Waals surface area contributed by atoms with Gasteiger partial charge >= 0.3 is 0 Å². The zero-order valence-corrected chi connectivity index (χ0v) is 14.3. The van der Waals surface area contributed by atoms with Crippen molar-refractivity contribution in [2.45, 2.75) is 42.7 Å². The van der Waals surface area contributed by atoms with Crippen LogP contribution in [0.5, 0.6) is 11.5 Å². The minimum Gasteiger partial charge on any atom is -0.497 e. The van der Waals surface area contributed by atoms with Gasteiger partial charge in [0, 0.05) is 12.6 Å². The summed E-state index contributed by atoms with van der Waals surface area (Å²) in [6.45, 7) is 0.831. The maximum atomic E-state index is 13.2. The number of hydrogen-bond donors (Lipinski definition) is 0. The molecule has 1 saturated carbocycles. The molecule has 23 heavy (non-hydrogen) atoms. The molecule has 0 N–H and O–H groups in total. The van der Waals surface area contributed by atoms with Gasteiger partial charge in [0.05, 0.1) is 33.0 Å². The summed E-state index contributed by atoms with van der Waals surface area (Å²) >= 11 is 0. The van der Waals surface area contributed by atoms with Crippen LogP contribution in [0.15, 0.2) is 23.1 Å². The SMILES string of the molecule is COc1ccc(S(=O)(=O)N2CCO[C@@H]3CCCC[C@H]32)c(OC)c1. The van der Waals surface area contributed by atoms with Crippen molar-refractivity contribution in [3.05, 3.63) is 18.2 Å². The Morgan fingerprint density at radius 3 is 2.70 bits per heavy atom. The van der Waals surface area contributed by atoms with Gasteiger partial charge < -0.3 is 14.2 Å². The number of hydrogen-bond acceptors (Lipinski definition) is 5. The smallest absolute Gasteiger partial charge is 0.247 e. The molecule has 1 heterocycles. The molecule has 6 nitrogen and oxygen atoms in total. The Bertz CT molecular complexity index is 658. The van der Waals surface area contributed by atoms with E-state index in [-0.39, 0.29) is 17.0 Å². The summed E-state index contributed by atoms with van der Waals surface area (Å²) in [6.07, 6.45) is 3.92. The Kier molecular flexibility index (Phi) is 4.79. The first kappa shape index (κ1) is 16.5. The number of ether oxygens (including phenoxy) is 3. The van der Waals surface area contributed by atoms with Gasteiger partial charge in [-0.1, -0.05) is 12.8 Å². The van der Waals surface area contributed by atoms with Gasteiger partial charge in [-0.15, -0.1) is 0 Å².